The van der Waals surface area contributed by atoms with E-state index in [0.717, 1.165) is 16.8 Å². The van der Waals surface area contributed by atoms with E-state index in [0.29, 0.717) is 10.1 Å². The molecule has 0 aromatic carbocycles. The molecule has 2 aromatic rings. The van der Waals surface area contributed by atoms with Crippen LogP contribution in [0, 0.1) is 6.92 Å². The summed E-state index contributed by atoms with van der Waals surface area (Å²) < 4.78 is 2.01. The van der Waals surface area contributed by atoms with Crippen LogP contribution in [0.25, 0.3) is 16.7 Å². The third-order valence-electron chi connectivity index (χ3n) is 2.82. The molecule has 2 aromatic heterocycles. The summed E-state index contributed by atoms with van der Waals surface area (Å²) in [6.45, 7) is 1.84. The standard InChI is InChI=1S/C12H9BrN4O/c1-6-8-5-9(13)11(18)17(7-3-2-4-7)10(8)16-12(14)15-6/h2-5H,1H3,(H2,14,15,16). The molecule has 6 heteroatoms. The number of hydrogen-bond acceptors (Lipinski definition) is 4. The molecule has 0 aliphatic heterocycles. The van der Waals surface area contributed by atoms with E-state index in [1.54, 1.807) is 6.07 Å². The molecule has 2 heterocycles. The largest absolute Gasteiger partial charge is 0.368 e. The highest BCUT2D eigenvalue weighted by Gasteiger charge is 2.15. The Morgan fingerprint density at radius 3 is 2.72 bits per heavy atom. The molecular weight excluding hydrogens is 296 g/mol. The van der Waals surface area contributed by atoms with Crippen LogP contribution in [0.15, 0.2) is 33.6 Å². The molecule has 1 aliphatic carbocycles. The summed E-state index contributed by atoms with van der Waals surface area (Å²) in [5.74, 6) is 0.166. The number of rotatable bonds is 1. The SMILES string of the molecule is Cc1nc(N)nc2c1cc(Br)c(=O)n2C1=CC=C1. The Morgan fingerprint density at radius 2 is 2.11 bits per heavy atom. The van der Waals surface area contributed by atoms with E-state index < -0.39 is 0 Å². The molecule has 0 bridgehead atoms. The third kappa shape index (κ3) is 1.49. The van der Waals surface area contributed by atoms with Gasteiger partial charge in [-0.2, -0.15) is 4.98 Å². The fourth-order valence-electron chi connectivity index (χ4n) is 1.89. The maximum absolute atomic E-state index is 12.2. The molecule has 0 atom stereocenters. The van der Waals surface area contributed by atoms with E-state index >= 15 is 0 Å². The lowest BCUT2D eigenvalue weighted by molar-refractivity contribution is 1.01. The molecule has 0 amide bonds. The first-order chi connectivity index (χ1) is 8.58. The van der Waals surface area contributed by atoms with Crippen LogP contribution in [0.1, 0.15) is 5.69 Å². The fourth-order valence-corrected chi connectivity index (χ4v) is 2.30. The Morgan fingerprint density at radius 1 is 1.39 bits per heavy atom. The van der Waals surface area contributed by atoms with Crippen molar-refractivity contribution in [2.75, 3.05) is 5.73 Å². The molecule has 0 fully saturated rings. The highest BCUT2D eigenvalue weighted by Crippen LogP contribution is 2.23. The van der Waals surface area contributed by atoms with Crippen LogP contribution in [0.3, 0.4) is 0 Å². The summed E-state index contributed by atoms with van der Waals surface area (Å²) in [5.41, 5.74) is 7.57. The number of hydrogen-bond donors (Lipinski definition) is 1. The van der Waals surface area contributed by atoms with Crippen LogP contribution in [-0.2, 0) is 0 Å². The van der Waals surface area contributed by atoms with E-state index in [4.69, 9.17) is 5.73 Å². The minimum atomic E-state index is -0.157. The van der Waals surface area contributed by atoms with E-state index in [9.17, 15) is 4.79 Å². The van der Waals surface area contributed by atoms with Gasteiger partial charge in [0.1, 0.15) is 0 Å². The maximum Gasteiger partial charge on any atom is 0.271 e. The molecule has 90 valence electrons. The number of anilines is 1. The zero-order chi connectivity index (χ0) is 12.9. The number of aromatic nitrogens is 3. The molecule has 0 saturated carbocycles. The highest BCUT2D eigenvalue weighted by molar-refractivity contribution is 9.10. The Bertz CT molecular complexity index is 789. The quantitative estimate of drug-likeness (QED) is 0.872. The van der Waals surface area contributed by atoms with Gasteiger partial charge >= 0.3 is 0 Å². The van der Waals surface area contributed by atoms with Gasteiger partial charge in [-0.3, -0.25) is 9.36 Å². The van der Waals surface area contributed by atoms with Gasteiger partial charge < -0.3 is 5.73 Å². The normalized spacial score (nSPS) is 13.6. The van der Waals surface area contributed by atoms with Gasteiger partial charge in [0.2, 0.25) is 5.95 Å². The summed E-state index contributed by atoms with van der Waals surface area (Å²) in [7, 11) is 0. The van der Waals surface area contributed by atoms with Gasteiger partial charge in [-0.25, -0.2) is 4.98 Å². The van der Waals surface area contributed by atoms with Crippen molar-refractivity contribution in [1.29, 1.82) is 0 Å². The fraction of sp³-hybridized carbons (Fsp3) is 0.0833. The summed E-state index contributed by atoms with van der Waals surface area (Å²) >= 11 is 3.27. The minimum Gasteiger partial charge on any atom is -0.368 e. The number of halogens is 1. The number of fused-ring (bicyclic) bond motifs is 1. The third-order valence-corrected chi connectivity index (χ3v) is 3.38. The molecule has 5 nitrogen and oxygen atoms in total. The number of nitrogens with two attached hydrogens (primary N) is 1. The molecule has 18 heavy (non-hydrogen) atoms. The monoisotopic (exact) mass is 304 g/mol. The van der Waals surface area contributed by atoms with E-state index in [-0.39, 0.29) is 11.5 Å². The summed E-state index contributed by atoms with van der Waals surface area (Å²) in [6.07, 6.45) is 5.56. The van der Waals surface area contributed by atoms with Crippen molar-refractivity contribution in [1.82, 2.24) is 14.5 Å². The Hall–Kier alpha value is -1.95. The van der Waals surface area contributed by atoms with Gasteiger partial charge in [0, 0.05) is 5.39 Å². The van der Waals surface area contributed by atoms with Crippen LogP contribution in [-0.4, -0.2) is 14.5 Å². The molecule has 0 unspecified atom stereocenters. The van der Waals surface area contributed by atoms with Crippen molar-refractivity contribution < 1.29 is 0 Å². The number of allylic oxidation sites excluding steroid dienone is 4. The smallest absolute Gasteiger partial charge is 0.271 e. The lowest BCUT2D eigenvalue weighted by atomic mass is 10.2. The molecule has 2 N–H and O–H groups in total. The lowest BCUT2D eigenvalue weighted by Crippen LogP contribution is -2.22. The topological polar surface area (TPSA) is 73.8 Å². The second kappa shape index (κ2) is 3.78. The van der Waals surface area contributed by atoms with Crippen LogP contribution < -0.4 is 11.3 Å². The molecular formula is C12H9BrN4O. The van der Waals surface area contributed by atoms with Gasteiger partial charge in [-0.15, -0.1) is 0 Å². The van der Waals surface area contributed by atoms with Gasteiger partial charge in [0.05, 0.1) is 15.9 Å². The zero-order valence-corrected chi connectivity index (χ0v) is 11.1. The summed E-state index contributed by atoms with van der Waals surface area (Å²) in [5, 5.41) is 0.803. The number of aryl methyl sites for hydroxylation is 1. The summed E-state index contributed by atoms with van der Waals surface area (Å²) in [4.78, 5) is 20.5. The van der Waals surface area contributed by atoms with Gasteiger partial charge in [0.25, 0.3) is 5.56 Å². The van der Waals surface area contributed by atoms with E-state index in [1.807, 2.05) is 25.2 Å². The first-order valence-electron chi connectivity index (χ1n) is 5.32. The van der Waals surface area contributed by atoms with Crippen molar-refractivity contribution in [3.8, 4) is 0 Å². The highest BCUT2D eigenvalue weighted by atomic mass is 79.9. The second-order valence-corrected chi connectivity index (χ2v) is 4.84. The van der Waals surface area contributed by atoms with Crippen LogP contribution in [0.2, 0.25) is 0 Å². The molecule has 0 saturated heterocycles. The molecule has 1 aliphatic rings. The number of nitrogen functional groups attached to an aromatic ring is 1. The van der Waals surface area contributed by atoms with Crippen molar-refractivity contribution in [2.45, 2.75) is 6.92 Å². The van der Waals surface area contributed by atoms with Gasteiger partial charge in [0.15, 0.2) is 5.65 Å². The van der Waals surface area contributed by atoms with Gasteiger partial charge in [-0.1, -0.05) is 6.08 Å². The Labute approximate surface area is 111 Å². The van der Waals surface area contributed by atoms with Gasteiger partial charge in [-0.05, 0) is 41.1 Å². The van der Waals surface area contributed by atoms with Crippen molar-refractivity contribution in [2.24, 2.45) is 0 Å². The lowest BCUT2D eigenvalue weighted by Gasteiger charge is -2.15. The van der Waals surface area contributed by atoms with Crippen molar-refractivity contribution in [3.63, 3.8) is 0 Å². The average Bonchev–Trinajstić information content (AvgIpc) is 2.24. The predicted octanol–water partition coefficient (Wildman–Crippen LogP) is 1.86. The van der Waals surface area contributed by atoms with Crippen LogP contribution in [0.4, 0.5) is 5.95 Å². The first kappa shape index (κ1) is 11.2. The molecule has 0 spiro atoms. The predicted molar refractivity (Wildman–Crippen MR) is 74.1 cm³/mol. The average molecular weight is 305 g/mol. The first-order valence-corrected chi connectivity index (χ1v) is 6.11. The Kier molecular flexibility index (Phi) is 2.34. The zero-order valence-electron chi connectivity index (χ0n) is 9.51. The molecule has 3 rings (SSSR count). The summed E-state index contributed by atoms with van der Waals surface area (Å²) in [6, 6.07) is 1.73. The van der Waals surface area contributed by atoms with E-state index in [1.165, 1.54) is 4.57 Å². The number of pyridine rings is 1. The van der Waals surface area contributed by atoms with Crippen molar-refractivity contribution >= 4 is 38.6 Å². The van der Waals surface area contributed by atoms with E-state index in [2.05, 4.69) is 25.9 Å². The molecule has 0 radical (unpaired) electrons. The van der Waals surface area contributed by atoms with Crippen molar-refractivity contribution in [3.05, 3.63) is 44.8 Å². The maximum atomic E-state index is 12.2. The van der Waals surface area contributed by atoms with Crippen LogP contribution >= 0.6 is 15.9 Å². The van der Waals surface area contributed by atoms with Crippen LogP contribution in [0.5, 0.6) is 0 Å². The Balaban J connectivity index is 2.51. The second-order valence-electron chi connectivity index (χ2n) is 3.99. The minimum absolute atomic E-state index is 0.157. The number of nitrogens with zero attached hydrogens (tertiary/aromatic N) is 3.